The summed E-state index contributed by atoms with van der Waals surface area (Å²) < 4.78 is 2.19. The van der Waals surface area contributed by atoms with Gasteiger partial charge >= 0.3 is 0 Å². The summed E-state index contributed by atoms with van der Waals surface area (Å²) in [7, 11) is 0. The van der Waals surface area contributed by atoms with Crippen LogP contribution in [0.2, 0.25) is 0 Å². The monoisotopic (exact) mass is 385 g/mol. The summed E-state index contributed by atoms with van der Waals surface area (Å²) in [6.45, 7) is 4.54. The number of hydrogen-bond donors (Lipinski definition) is 1. The first-order chi connectivity index (χ1) is 13.1. The van der Waals surface area contributed by atoms with Gasteiger partial charge in [0.25, 0.3) is 0 Å². The molecule has 0 unspecified atom stereocenters. The van der Waals surface area contributed by atoms with Crippen LogP contribution in [0.5, 0.6) is 0 Å². The Morgan fingerprint density at radius 2 is 1.96 bits per heavy atom. The number of carbonyl (C=O) groups is 1. The minimum atomic E-state index is 0.0989. The van der Waals surface area contributed by atoms with E-state index in [9.17, 15) is 4.79 Å². The fraction of sp³-hybridized carbons (Fsp3) is 0.600. The Balaban J connectivity index is 1.41. The third-order valence-electron chi connectivity index (χ3n) is 5.90. The molecule has 2 fully saturated rings. The van der Waals surface area contributed by atoms with Gasteiger partial charge in [-0.25, -0.2) is 0 Å². The minimum Gasteiger partial charge on any atom is -0.352 e. The Morgan fingerprint density at radius 1 is 1.19 bits per heavy atom. The first kappa shape index (κ1) is 18.5. The van der Waals surface area contributed by atoms with Crippen molar-refractivity contribution in [1.29, 1.82) is 0 Å². The summed E-state index contributed by atoms with van der Waals surface area (Å²) in [4.78, 5) is 16.6. The normalized spacial score (nSPS) is 25.3. The van der Waals surface area contributed by atoms with E-state index in [0.29, 0.717) is 29.7 Å². The summed E-state index contributed by atoms with van der Waals surface area (Å²) in [6.07, 6.45) is 9.40. The van der Waals surface area contributed by atoms with Crippen molar-refractivity contribution in [2.24, 2.45) is 11.8 Å². The molecule has 2 aromatic rings. The lowest BCUT2D eigenvalue weighted by Gasteiger charge is -2.34. The predicted molar refractivity (Wildman–Crippen MR) is 106 cm³/mol. The van der Waals surface area contributed by atoms with E-state index in [4.69, 9.17) is 0 Å². The zero-order chi connectivity index (χ0) is 18.8. The van der Waals surface area contributed by atoms with Gasteiger partial charge in [-0.15, -0.1) is 10.2 Å². The Hall–Kier alpha value is -1.89. The van der Waals surface area contributed by atoms with Crippen molar-refractivity contribution in [1.82, 2.24) is 25.1 Å². The number of nitrogens with one attached hydrogen (secondary N) is 1. The Morgan fingerprint density at radius 3 is 2.70 bits per heavy atom. The predicted octanol–water partition coefficient (Wildman–Crippen LogP) is 3.71. The maximum Gasteiger partial charge on any atom is 0.230 e. The van der Waals surface area contributed by atoms with E-state index in [1.54, 1.807) is 12.4 Å². The van der Waals surface area contributed by atoms with E-state index in [-0.39, 0.29) is 5.91 Å². The zero-order valence-electron chi connectivity index (χ0n) is 16.0. The number of amides is 1. The van der Waals surface area contributed by atoms with E-state index in [0.717, 1.165) is 35.8 Å². The van der Waals surface area contributed by atoms with Gasteiger partial charge in [0.2, 0.25) is 5.91 Å². The fourth-order valence-corrected chi connectivity index (χ4v) is 4.72. The number of hydrogen-bond acceptors (Lipinski definition) is 5. The lowest BCUT2D eigenvalue weighted by atomic mass is 9.78. The molecule has 0 spiro atoms. The molecule has 2 saturated carbocycles. The number of rotatable bonds is 6. The SMILES string of the molecule is C[C@H]1[C@@H](NC(=O)CSc2nnc(-c3ccncc3)n2C2CC2)CCC[C@@H]1C. The van der Waals surface area contributed by atoms with Gasteiger partial charge in [-0.2, -0.15) is 0 Å². The number of nitrogens with zero attached hydrogens (tertiary/aromatic N) is 4. The first-order valence-electron chi connectivity index (χ1n) is 9.91. The van der Waals surface area contributed by atoms with E-state index in [1.807, 2.05) is 12.1 Å². The lowest BCUT2D eigenvalue weighted by Crippen LogP contribution is -2.44. The average molecular weight is 386 g/mol. The molecular weight excluding hydrogens is 358 g/mol. The molecule has 0 aliphatic heterocycles. The second kappa shape index (κ2) is 8.00. The van der Waals surface area contributed by atoms with Crippen molar-refractivity contribution in [3.05, 3.63) is 24.5 Å². The summed E-state index contributed by atoms with van der Waals surface area (Å²) in [5, 5.41) is 12.9. The van der Waals surface area contributed by atoms with E-state index >= 15 is 0 Å². The molecule has 0 radical (unpaired) electrons. The highest BCUT2D eigenvalue weighted by molar-refractivity contribution is 7.99. The van der Waals surface area contributed by atoms with Gasteiger partial charge < -0.3 is 5.32 Å². The van der Waals surface area contributed by atoms with E-state index in [1.165, 1.54) is 24.6 Å². The molecule has 2 heterocycles. The molecule has 4 rings (SSSR count). The molecule has 0 saturated heterocycles. The van der Waals surface area contributed by atoms with Crippen LogP contribution in [0, 0.1) is 11.8 Å². The smallest absolute Gasteiger partial charge is 0.230 e. The van der Waals surface area contributed by atoms with E-state index < -0.39 is 0 Å². The molecular formula is C20H27N5OS. The van der Waals surface area contributed by atoms with Crippen molar-refractivity contribution in [3.63, 3.8) is 0 Å². The number of aromatic nitrogens is 4. The second-order valence-electron chi connectivity index (χ2n) is 7.87. The van der Waals surface area contributed by atoms with Gasteiger partial charge in [-0.3, -0.25) is 14.3 Å². The third kappa shape index (κ3) is 4.18. The van der Waals surface area contributed by atoms with Crippen LogP contribution in [0.3, 0.4) is 0 Å². The van der Waals surface area contributed by atoms with Gasteiger partial charge in [0.1, 0.15) is 0 Å². The van der Waals surface area contributed by atoms with Crippen LogP contribution in [0.15, 0.2) is 29.7 Å². The second-order valence-corrected chi connectivity index (χ2v) is 8.82. The van der Waals surface area contributed by atoms with Gasteiger partial charge in [-0.05, 0) is 43.2 Å². The van der Waals surface area contributed by atoms with E-state index in [2.05, 4.69) is 38.9 Å². The molecule has 1 amide bonds. The topological polar surface area (TPSA) is 72.7 Å². The highest BCUT2D eigenvalue weighted by Gasteiger charge is 2.31. The Labute approximate surface area is 164 Å². The first-order valence-corrected chi connectivity index (χ1v) is 10.9. The highest BCUT2D eigenvalue weighted by Crippen LogP contribution is 2.41. The van der Waals surface area contributed by atoms with Crippen LogP contribution < -0.4 is 5.32 Å². The van der Waals surface area contributed by atoms with Gasteiger partial charge in [0.05, 0.1) is 5.75 Å². The number of pyridine rings is 1. The Kier molecular flexibility index (Phi) is 5.48. The molecule has 2 aliphatic rings. The standard InChI is InChI=1S/C20H27N5OS/c1-13-4-3-5-17(14(13)2)22-18(26)12-27-20-24-23-19(25(20)16-6-7-16)15-8-10-21-11-9-15/h8-11,13-14,16-17H,3-7,12H2,1-2H3,(H,22,26)/t13-,14+,17-/m0/s1. The molecule has 6 nitrogen and oxygen atoms in total. The van der Waals surface area contributed by atoms with Crippen LogP contribution in [-0.2, 0) is 4.79 Å². The van der Waals surface area contributed by atoms with Crippen molar-refractivity contribution in [2.45, 2.75) is 63.2 Å². The Bertz CT molecular complexity index is 789. The maximum atomic E-state index is 12.5. The third-order valence-corrected chi connectivity index (χ3v) is 6.84. The summed E-state index contributed by atoms with van der Waals surface area (Å²) in [6, 6.07) is 4.66. The summed E-state index contributed by atoms with van der Waals surface area (Å²) in [5.41, 5.74) is 1.02. The molecule has 144 valence electrons. The zero-order valence-corrected chi connectivity index (χ0v) is 16.8. The minimum absolute atomic E-state index is 0.0989. The molecule has 7 heteroatoms. The molecule has 3 atom stereocenters. The van der Waals surface area contributed by atoms with Crippen molar-refractivity contribution >= 4 is 17.7 Å². The number of thioether (sulfide) groups is 1. The molecule has 2 aromatic heterocycles. The van der Waals surface area contributed by atoms with Crippen molar-refractivity contribution in [3.8, 4) is 11.4 Å². The fourth-order valence-electron chi connectivity index (χ4n) is 3.90. The summed E-state index contributed by atoms with van der Waals surface area (Å²) >= 11 is 1.49. The molecule has 1 N–H and O–H groups in total. The summed E-state index contributed by atoms with van der Waals surface area (Å²) in [5.74, 6) is 2.58. The van der Waals surface area contributed by atoms with Crippen LogP contribution in [-0.4, -0.2) is 37.5 Å². The van der Waals surface area contributed by atoms with Crippen LogP contribution >= 0.6 is 11.8 Å². The number of carbonyl (C=O) groups excluding carboxylic acids is 1. The molecule has 0 aromatic carbocycles. The van der Waals surface area contributed by atoms with Crippen molar-refractivity contribution < 1.29 is 4.79 Å². The average Bonchev–Trinajstić information content (AvgIpc) is 3.43. The van der Waals surface area contributed by atoms with Crippen LogP contribution in [0.1, 0.15) is 52.0 Å². The highest BCUT2D eigenvalue weighted by atomic mass is 32.2. The van der Waals surface area contributed by atoms with Crippen LogP contribution in [0.25, 0.3) is 11.4 Å². The van der Waals surface area contributed by atoms with Gasteiger partial charge in [0.15, 0.2) is 11.0 Å². The molecule has 0 bridgehead atoms. The van der Waals surface area contributed by atoms with Crippen LogP contribution in [0.4, 0.5) is 0 Å². The lowest BCUT2D eigenvalue weighted by molar-refractivity contribution is -0.120. The maximum absolute atomic E-state index is 12.5. The quantitative estimate of drug-likeness (QED) is 0.768. The largest absolute Gasteiger partial charge is 0.352 e. The van der Waals surface area contributed by atoms with Gasteiger partial charge in [0, 0.05) is 30.0 Å². The molecule has 2 aliphatic carbocycles. The molecule has 27 heavy (non-hydrogen) atoms. The van der Waals surface area contributed by atoms with Crippen molar-refractivity contribution in [2.75, 3.05) is 5.75 Å². The van der Waals surface area contributed by atoms with Gasteiger partial charge in [-0.1, -0.05) is 38.5 Å².